The Bertz CT molecular complexity index is 811. The number of carbonyl (C=O) groups is 4. The molecule has 1 aromatic carbocycles. The molecule has 4 amide bonds. The summed E-state index contributed by atoms with van der Waals surface area (Å²) in [6.07, 6.45) is -1.93. The SMILES string of the molecule is COc1ccc(COC(=O)N[C@H](C(=O)N[C@@H](CC(C)C)C(=O)N[C@@H](C)C(N)=O)[C@@H](C)O)cc1. The zero-order valence-corrected chi connectivity index (χ0v) is 19.6. The van der Waals surface area contributed by atoms with E-state index in [4.69, 9.17) is 15.2 Å². The predicted octanol–water partition coefficient (Wildman–Crippen LogP) is 0.192. The quantitative estimate of drug-likeness (QED) is 0.293. The molecule has 0 heterocycles. The van der Waals surface area contributed by atoms with Crippen LogP contribution in [0.25, 0.3) is 0 Å². The van der Waals surface area contributed by atoms with Crippen molar-refractivity contribution in [2.24, 2.45) is 11.7 Å². The average Bonchev–Trinajstić information content (AvgIpc) is 2.75. The summed E-state index contributed by atoms with van der Waals surface area (Å²) >= 11 is 0. The number of alkyl carbamates (subject to hydrolysis) is 1. The summed E-state index contributed by atoms with van der Waals surface area (Å²) < 4.78 is 10.2. The van der Waals surface area contributed by atoms with Gasteiger partial charge in [-0.05, 0) is 43.9 Å². The van der Waals surface area contributed by atoms with E-state index in [1.807, 2.05) is 13.8 Å². The minimum absolute atomic E-state index is 0.0253. The molecule has 0 aliphatic carbocycles. The van der Waals surface area contributed by atoms with E-state index in [-0.39, 0.29) is 18.9 Å². The van der Waals surface area contributed by atoms with E-state index in [1.54, 1.807) is 24.3 Å². The van der Waals surface area contributed by atoms with Gasteiger partial charge >= 0.3 is 6.09 Å². The lowest BCUT2D eigenvalue weighted by Gasteiger charge is -2.26. The van der Waals surface area contributed by atoms with Crippen molar-refractivity contribution in [3.05, 3.63) is 29.8 Å². The first-order valence-corrected chi connectivity index (χ1v) is 10.6. The number of aliphatic hydroxyl groups is 1. The number of primary amides is 1. The second kappa shape index (κ2) is 13.3. The second-order valence-electron chi connectivity index (χ2n) is 8.11. The van der Waals surface area contributed by atoms with Gasteiger partial charge in [0.15, 0.2) is 0 Å². The highest BCUT2D eigenvalue weighted by atomic mass is 16.5. The van der Waals surface area contributed by atoms with Gasteiger partial charge in [-0.15, -0.1) is 0 Å². The van der Waals surface area contributed by atoms with Crippen LogP contribution >= 0.6 is 0 Å². The van der Waals surface area contributed by atoms with Gasteiger partial charge in [-0.1, -0.05) is 26.0 Å². The van der Waals surface area contributed by atoms with E-state index in [0.717, 1.165) is 0 Å². The normalized spacial score (nSPS) is 14.4. The van der Waals surface area contributed by atoms with Crippen LogP contribution in [0.15, 0.2) is 24.3 Å². The molecule has 0 bridgehead atoms. The molecule has 184 valence electrons. The van der Waals surface area contributed by atoms with Gasteiger partial charge in [0.1, 0.15) is 30.5 Å². The number of nitrogens with two attached hydrogens (primary N) is 1. The van der Waals surface area contributed by atoms with Gasteiger partial charge in [0.2, 0.25) is 17.7 Å². The highest BCUT2D eigenvalue weighted by Gasteiger charge is 2.31. The number of methoxy groups -OCH3 is 1. The molecule has 0 saturated heterocycles. The molecule has 11 heteroatoms. The van der Waals surface area contributed by atoms with E-state index in [0.29, 0.717) is 11.3 Å². The van der Waals surface area contributed by atoms with E-state index in [2.05, 4.69) is 16.0 Å². The van der Waals surface area contributed by atoms with Crippen molar-refractivity contribution in [1.29, 1.82) is 0 Å². The maximum absolute atomic E-state index is 12.8. The summed E-state index contributed by atoms with van der Waals surface area (Å²) in [6.45, 7) is 6.39. The molecule has 1 aromatic rings. The molecule has 0 saturated carbocycles. The minimum atomic E-state index is -1.37. The van der Waals surface area contributed by atoms with Crippen molar-refractivity contribution in [3.63, 3.8) is 0 Å². The molecule has 0 aromatic heterocycles. The first kappa shape index (κ1) is 27.7. The molecule has 0 aliphatic heterocycles. The lowest BCUT2D eigenvalue weighted by molar-refractivity contribution is -0.133. The van der Waals surface area contributed by atoms with Crippen LogP contribution in [0.2, 0.25) is 0 Å². The first-order chi connectivity index (χ1) is 15.4. The zero-order chi connectivity index (χ0) is 25.1. The third kappa shape index (κ3) is 9.77. The summed E-state index contributed by atoms with van der Waals surface area (Å²) in [5.41, 5.74) is 5.87. The summed E-state index contributed by atoms with van der Waals surface area (Å²) in [7, 11) is 1.54. The van der Waals surface area contributed by atoms with E-state index in [1.165, 1.54) is 21.0 Å². The average molecular weight is 467 g/mol. The third-order valence-electron chi connectivity index (χ3n) is 4.69. The van der Waals surface area contributed by atoms with Crippen LogP contribution in [0.5, 0.6) is 5.75 Å². The number of aliphatic hydroxyl groups excluding tert-OH is 1. The fourth-order valence-electron chi connectivity index (χ4n) is 2.79. The summed E-state index contributed by atoms with van der Waals surface area (Å²) in [5.74, 6) is -1.42. The van der Waals surface area contributed by atoms with Crippen LogP contribution in [-0.2, 0) is 25.7 Å². The van der Waals surface area contributed by atoms with Crippen molar-refractivity contribution < 1.29 is 33.8 Å². The van der Waals surface area contributed by atoms with Crippen molar-refractivity contribution >= 4 is 23.8 Å². The number of ether oxygens (including phenoxy) is 2. The Labute approximate surface area is 193 Å². The molecule has 6 N–H and O–H groups in total. The monoisotopic (exact) mass is 466 g/mol. The van der Waals surface area contributed by atoms with Crippen LogP contribution in [0.1, 0.15) is 39.7 Å². The van der Waals surface area contributed by atoms with Gasteiger partial charge < -0.3 is 36.3 Å². The summed E-state index contributed by atoms with van der Waals surface area (Å²) in [5, 5.41) is 17.3. The smallest absolute Gasteiger partial charge is 0.408 e. The topological polar surface area (TPSA) is 169 Å². The molecule has 4 atom stereocenters. The lowest BCUT2D eigenvalue weighted by atomic mass is 10.0. The Morgan fingerprint density at radius 2 is 1.58 bits per heavy atom. The van der Waals surface area contributed by atoms with Crippen molar-refractivity contribution in [1.82, 2.24) is 16.0 Å². The maximum atomic E-state index is 12.8. The van der Waals surface area contributed by atoms with Gasteiger partial charge in [0.25, 0.3) is 0 Å². The summed E-state index contributed by atoms with van der Waals surface area (Å²) in [6, 6.07) is 3.55. The number of nitrogens with one attached hydrogen (secondary N) is 3. The number of carbonyl (C=O) groups excluding carboxylic acids is 4. The van der Waals surface area contributed by atoms with Gasteiger partial charge in [-0.3, -0.25) is 14.4 Å². The first-order valence-electron chi connectivity index (χ1n) is 10.6. The Morgan fingerprint density at radius 1 is 0.970 bits per heavy atom. The molecular formula is C22H34N4O7. The predicted molar refractivity (Wildman–Crippen MR) is 120 cm³/mol. The van der Waals surface area contributed by atoms with Gasteiger partial charge in [-0.2, -0.15) is 0 Å². The molecule has 0 unspecified atom stereocenters. The van der Waals surface area contributed by atoms with Gasteiger partial charge in [-0.25, -0.2) is 4.79 Å². The Hall–Kier alpha value is -3.34. The maximum Gasteiger partial charge on any atom is 0.408 e. The lowest BCUT2D eigenvalue weighted by Crippen LogP contribution is -2.58. The molecule has 0 aliphatic rings. The number of hydrogen-bond donors (Lipinski definition) is 5. The summed E-state index contributed by atoms with van der Waals surface area (Å²) in [4.78, 5) is 48.7. The van der Waals surface area contributed by atoms with Gasteiger partial charge in [0.05, 0.1) is 13.2 Å². The second-order valence-corrected chi connectivity index (χ2v) is 8.11. The highest BCUT2D eigenvalue weighted by Crippen LogP contribution is 2.12. The highest BCUT2D eigenvalue weighted by molar-refractivity contribution is 5.93. The van der Waals surface area contributed by atoms with Crippen LogP contribution in [0.3, 0.4) is 0 Å². The molecule has 33 heavy (non-hydrogen) atoms. The fourth-order valence-corrected chi connectivity index (χ4v) is 2.79. The molecule has 1 rings (SSSR count). The van der Waals surface area contributed by atoms with Gasteiger partial charge in [0, 0.05) is 0 Å². The molecule has 0 spiro atoms. The minimum Gasteiger partial charge on any atom is -0.497 e. The van der Waals surface area contributed by atoms with Crippen molar-refractivity contribution in [3.8, 4) is 5.75 Å². The largest absolute Gasteiger partial charge is 0.497 e. The number of amides is 4. The van der Waals surface area contributed by atoms with E-state index in [9.17, 15) is 24.3 Å². The number of benzene rings is 1. The molecule has 11 nitrogen and oxygen atoms in total. The van der Waals surface area contributed by atoms with Crippen molar-refractivity contribution in [2.75, 3.05) is 7.11 Å². The third-order valence-corrected chi connectivity index (χ3v) is 4.69. The Kier molecular flexibility index (Phi) is 11.1. The molecular weight excluding hydrogens is 432 g/mol. The fraction of sp³-hybridized carbons (Fsp3) is 0.545. The number of rotatable bonds is 12. The van der Waals surface area contributed by atoms with Crippen LogP contribution in [-0.4, -0.2) is 60.3 Å². The Balaban J connectivity index is 2.77. The molecule has 0 radical (unpaired) electrons. The zero-order valence-electron chi connectivity index (χ0n) is 19.6. The Morgan fingerprint density at radius 3 is 2.06 bits per heavy atom. The van der Waals surface area contributed by atoms with Crippen molar-refractivity contribution in [2.45, 2.75) is 65.0 Å². The standard InChI is InChI=1S/C22H34N4O7/c1-12(2)10-17(20(29)24-13(3)19(23)28)25-21(30)18(14(4)27)26-22(31)33-11-15-6-8-16(32-5)9-7-15/h6-9,12-14,17-18,27H,10-11H2,1-5H3,(H2,23,28)(H,24,29)(H,25,30)(H,26,31)/t13-,14+,17-,18-/m0/s1. The number of hydrogen-bond acceptors (Lipinski definition) is 7. The molecule has 0 fully saturated rings. The van der Waals surface area contributed by atoms with Crippen LogP contribution in [0.4, 0.5) is 4.79 Å². The van der Waals surface area contributed by atoms with Crippen LogP contribution < -0.4 is 26.4 Å². The van der Waals surface area contributed by atoms with E-state index >= 15 is 0 Å². The van der Waals surface area contributed by atoms with E-state index < -0.39 is 48.0 Å². The van der Waals surface area contributed by atoms with Crippen LogP contribution in [0, 0.1) is 5.92 Å².